The highest BCUT2D eigenvalue weighted by Crippen LogP contribution is 2.25. The molecule has 0 heterocycles. The summed E-state index contributed by atoms with van der Waals surface area (Å²) in [6.45, 7) is 2.00. The summed E-state index contributed by atoms with van der Waals surface area (Å²) in [6, 6.07) is 24.0. The molecule has 9 heteroatoms. The lowest BCUT2D eigenvalue weighted by Gasteiger charge is -2.16. The van der Waals surface area contributed by atoms with Crippen molar-refractivity contribution in [3.8, 4) is 52.4 Å². The quantitative estimate of drug-likeness (QED) is 0.144. The Morgan fingerprint density at radius 2 is 1.18 bits per heavy atom. The van der Waals surface area contributed by atoms with Crippen LogP contribution in [0.1, 0.15) is 42.8 Å². The van der Waals surface area contributed by atoms with E-state index in [0.29, 0.717) is 5.56 Å². The van der Waals surface area contributed by atoms with Gasteiger partial charge in [-0.25, -0.2) is 4.79 Å². The second-order valence-electron chi connectivity index (χ2n) is 7.86. The molecule has 0 fully saturated rings. The molecule has 0 amide bonds. The number of rotatable bonds is 5. The first-order valence-corrected chi connectivity index (χ1v) is 11.4. The molecule has 0 aromatic heterocycles. The van der Waals surface area contributed by atoms with Gasteiger partial charge in [-0.1, -0.05) is 68.9 Å². The van der Waals surface area contributed by atoms with E-state index in [4.69, 9.17) is 35.4 Å². The minimum absolute atomic E-state index is 0. The summed E-state index contributed by atoms with van der Waals surface area (Å²) in [6.07, 6.45) is 0.479. The standard InChI is InChI=1S/C22H20O3.C8H6O6.CH4/c1-2-21(18-6-4-3-5-7-18)25-22(24)19-10-8-16(9-11-19)17-12-14-20(23)15-13-17;9-7(10,11)5-3-1-2-4-6-8(12,13)14;/h3-15,21,23H,2H2,1H3;9-14H;1H4. The van der Waals surface area contributed by atoms with E-state index >= 15 is 0 Å². The van der Waals surface area contributed by atoms with Crippen molar-refractivity contribution in [2.75, 3.05) is 0 Å². The number of hydrogen-bond donors (Lipinski definition) is 7. The Morgan fingerprint density at radius 1 is 0.725 bits per heavy atom. The molecule has 1 atom stereocenters. The van der Waals surface area contributed by atoms with Gasteiger partial charge in [0.25, 0.3) is 0 Å². The van der Waals surface area contributed by atoms with Crippen LogP contribution in [0.15, 0.2) is 78.9 Å². The molecule has 0 saturated heterocycles. The highest BCUT2D eigenvalue weighted by molar-refractivity contribution is 5.90. The van der Waals surface area contributed by atoms with Crippen molar-refractivity contribution in [1.29, 1.82) is 0 Å². The normalized spacial score (nSPS) is 10.8. The van der Waals surface area contributed by atoms with Crippen LogP contribution in [0, 0.1) is 35.5 Å². The number of aromatic hydroxyl groups is 1. The van der Waals surface area contributed by atoms with Crippen molar-refractivity contribution < 1.29 is 45.3 Å². The smallest absolute Gasteiger partial charge is 0.346 e. The number of ether oxygens (including phenoxy) is 1. The topological polar surface area (TPSA) is 168 Å². The second kappa shape index (κ2) is 15.7. The molecule has 1 unspecified atom stereocenters. The fourth-order valence-electron chi connectivity index (χ4n) is 3.00. The highest BCUT2D eigenvalue weighted by Gasteiger charge is 2.16. The highest BCUT2D eigenvalue weighted by atomic mass is 16.7. The van der Waals surface area contributed by atoms with Gasteiger partial charge in [-0.15, -0.1) is 0 Å². The number of carbonyl (C=O) groups excluding carboxylic acids is 1. The fourth-order valence-corrected chi connectivity index (χ4v) is 3.00. The van der Waals surface area contributed by atoms with E-state index in [1.54, 1.807) is 36.1 Å². The van der Waals surface area contributed by atoms with Crippen LogP contribution < -0.4 is 0 Å². The molecular formula is C31H30O9. The number of esters is 1. The fraction of sp³-hybridized carbons (Fsp3) is 0.194. The number of phenolic OH excluding ortho intramolecular Hbond substituents is 1. The Labute approximate surface area is 232 Å². The Morgan fingerprint density at radius 3 is 1.60 bits per heavy atom. The molecule has 0 aliphatic rings. The van der Waals surface area contributed by atoms with E-state index in [0.717, 1.165) is 23.1 Å². The van der Waals surface area contributed by atoms with E-state index in [2.05, 4.69) is 0 Å². The maximum atomic E-state index is 12.4. The third-order valence-corrected chi connectivity index (χ3v) is 4.76. The van der Waals surface area contributed by atoms with Crippen LogP contribution >= 0.6 is 0 Å². The molecule has 3 aromatic rings. The zero-order valence-corrected chi connectivity index (χ0v) is 20.7. The van der Waals surface area contributed by atoms with Crippen LogP contribution in [0.25, 0.3) is 11.1 Å². The Kier molecular flexibility index (Phi) is 13.1. The molecule has 0 radical (unpaired) electrons. The SMILES string of the molecule is C.CCC(OC(=O)c1ccc(-c2ccc(O)cc2)cc1)c1ccccc1.OC(O)(O)C#CC#CC#CC(O)(O)O. The van der Waals surface area contributed by atoms with E-state index in [-0.39, 0.29) is 25.2 Å². The molecule has 3 aromatic carbocycles. The lowest BCUT2D eigenvalue weighted by Crippen LogP contribution is -2.24. The van der Waals surface area contributed by atoms with Gasteiger partial charge in [0, 0.05) is 11.8 Å². The van der Waals surface area contributed by atoms with Crippen LogP contribution in [0.5, 0.6) is 5.75 Å². The van der Waals surface area contributed by atoms with Crippen molar-refractivity contribution in [2.45, 2.75) is 38.8 Å². The summed E-state index contributed by atoms with van der Waals surface area (Å²) in [4.78, 5) is 12.4. The number of carbonyl (C=O) groups is 1. The van der Waals surface area contributed by atoms with E-state index in [1.807, 2.05) is 73.4 Å². The number of aliphatic hydroxyl groups is 6. The van der Waals surface area contributed by atoms with E-state index < -0.39 is 11.9 Å². The Balaban J connectivity index is 0.000000460. The minimum Gasteiger partial charge on any atom is -0.508 e. The molecule has 40 heavy (non-hydrogen) atoms. The van der Waals surface area contributed by atoms with Crippen molar-refractivity contribution in [3.05, 3.63) is 90.0 Å². The number of phenols is 1. The largest absolute Gasteiger partial charge is 0.508 e. The van der Waals surface area contributed by atoms with Gasteiger partial charge < -0.3 is 40.5 Å². The molecule has 0 aliphatic carbocycles. The maximum Gasteiger partial charge on any atom is 0.346 e. The van der Waals surface area contributed by atoms with Crippen LogP contribution in [0.3, 0.4) is 0 Å². The van der Waals surface area contributed by atoms with Crippen LogP contribution in [-0.2, 0) is 4.74 Å². The lowest BCUT2D eigenvalue weighted by atomic mass is 10.0. The summed E-state index contributed by atoms with van der Waals surface area (Å²) >= 11 is 0. The number of hydrogen-bond acceptors (Lipinski definition) is 9. The van der Waals surface area contributed by atoms with E-state index in [1.165, 1.54) is 11.8 Å². The molecule has 7 N–H and O–H groups in total. The first-order chi connectivity index (χ1) is 18.4. The van der Waals surface area contributed by atoms with Gasteiger partial charge in [-0.05, 0) is 71.1 Å². The van der Waals surface area contributed by atoms with Crippen molar-refractivity contribution in [1.82, 2.24) is 0 Å². The molecule has 0 bridgehead atoms. The maximum absolute atomic E-state index is 12.4. The van der Waals surface area contributed by atoms with Gasteiger partial charge in [0.1, 0.15) is 11.9 Å². The Hall–Kier alpha value is -4.63. The van der Waals surface area contributed by atoms with Crippen molar-refractivity contribution in [3.63, 3.8) is 0 Å². The summed E-state index contributed by atoms with van der Waals surface area (Å²) < 4.78 is 5.66. The van der Waals surface area contributed by atoms with Crippen LogP contribution in [0.2, 0.25) is 0 Å². The zero-order chi connectivity index (χ0) is 28.9. The summed E-state index contributed by atoms with van der Waals surface area (Å²) in [5, 5.41) is 58.7. The second-order valence-corrected chi connectivity index (χ2v) is 7.86. The molecule has 3 rings (SSSR count). The monoisotopic (exact) mass is 546 g/mol. The predicted octanol–water partition coefficient (Wildman–Crippen LogP) is 2.26. The molecule has 9 nitrogen and oxygen atoms in total. The molecular weight excluding hydrogens is 516 g/mol. The summed E-state index contributed by atoms with van der Waals surface area (Å²) in [5.74, 6) is 4.10. The third kappa shape index (κ3) is 12.7. The van der Waals surface area contributed by atoms with Gasteiger partial charge in [-0.2, -0.15) is 0 Å². The van der Waals surface area contributed by atoms with Crippen molar-refractivity contribution in [2.24, 2.45) is 0 Å². The van der Waals surface area contributed by atoms with Gasteiger partial charge >= 0.3 is 17.9 Å². The van der Waals surface area contributed by atoms with Gasteiger partial charge in [-0.3, -0.25) is 0 Å². The van der Waals surface area contributed by atoms with Crippen molar-refractivity contribution >= 4 is 5.97 Å². The Bertz CT molecular complexity index is 1360. The first-order valence-electron chi connectivity index (χ1n) is 11.4. The lowest BCUT2D eigenvalue weighted by molar-refractivity contribution is -0.266. The zero-order valence-electron chi connectivity index (χ0n) is 20.7. The molecule has 0 saturated carbocycles. The van der Waals surface area contributed by atoms with Crippen LogP contribution in [0.4, 0.5) is 0 Å². The average molecular weight is 547 g/mol. The van der Waals surface area contributed by atoms with Gasteiger partial charge in [0.15, 0.2) is 0 Å². The first kappa shape index (κ1) is 33.4. The van der Waals surface area contributed by atoms with E-state index in [9.17, 15) is 9.90 Å². The summed E-state index contributed by atoms with van der Waals surface area (Å²) in [5.41, 5.74) is 3.48. The third-order valence-electron chi connectivity index (χ3n) is 4.76. The van der Waals surface area contributed by atoms with Crippen LogP contribution in [-0.4, -0.2) is 53.7 Å². The van der Waals surface area contributed by atoms with Gasteiger partial charge in [0.2, 0.25) is 0 Å². The average Bonchev–Trinajstić information content (AvgIpc) is 2.89. The van der Waals surface area contributed by atoms with Gasteiger partial charge in [0.05, 0.1) is 5.56 Å². The molecule has 0 aliphatic heterocycles. The summed E-state index contributed by atoms with van der Waals surface area (Å²) in [7, 11) is 0. The predicted molar refractivity (Wildman–Crippen MR) is 147 cm³/mol. The number of benzene rings is 3. The minimum atomic E-state index is -3.13. The molecule has 0 spiro atoms. The molecule has 208 valence electrons.